The van der Waals surface area contributed by atoms with E-state index in [0.29, 0.717) is 37.7 Å². The largest absolute Gasteiger partial charge is 0.507 e. The summed E-state index contributed by atoms with van der Waals surface area (Å²) >= 11 is 0. The number of rotatable bonds is 9. The highest BCUT2D eigenvalue weighted by atomic mass is 16.5. The van der Waals surface area contributed by atoms with Crippen LogP contribution >= 0.6 is 0 Å². The van der Waals surface area contributed by atoms with Crippen molar-refractivity contribution in [2.75, 3.05) is 39.4 Å². The number of benzene rings is 3. The second kappa shape index (κ2) is 12.5. The third-order valence-corrected chi connectivity index (χ3v) is 7.61. The van der Waals surface area contributed by atoms with Crippen molar-refractivity contribution in [1.82, 2.24) is 9.80 Å². The summed E-state index contributed by atoms with van der Waals surface area (Å²) in [6, 6.07) is 22.4. The van der Waals surface area contributed by atoms with E-state index in [0.717, 1.165) is 48.3 Å². The number of carbonyl (C=O) groups excluding carboxylic acids is 2. The van der Waals surface area contributed by atoms with Crippen LogP contribution in [0, 0.1) is 13.8 Å². The molecule has 2 heterocycles. The molecule has 40 heavy (non-hydrogen) atoms. The van der Waals surface area contributed by atoms with Crippen molar-refractivity contribution in [2.24, 2.45) is 0 Å². The molecule has 3 aromatic rings. The first-order chi connectivity index (χ1) is 19.4. The monoisotopic (exact) mass is 540 g/mol. The van der Waals surface area contributed by atoms with Crippen LogP contribution < -0.4 is 4.74 Å². The molecule has 2 saturated heterocycles. The van der Waals surface area contributed by atoms with Gasteiger partial charge in [-0.1, -0.05) is 60.2 Å². The van der Waals surface area contributed by atoms with Crippen LogP contribution in [0.4, 0.5) is 0 Å². The Morgan fingerprint density at radius 3 is 2.38 bits per heavy atom. The lowest BCUT2D eigenvalue weighted by Crippen LogP contribution is -2.38. The number of ether oxygens (including phenoxy) is 2. The topological polar surface area (TPSA) is 79.3 Å². The molecule has 2 aliphatic heterocycles. The Kier molecular flexibility index (Phi) is 8.63. The number of nitrogens with zero attached hydrogens (tertiary/aromatic N) is 2. The van der Waals surface area contributed by atoms with Crippen molar-refractivity contribution in [2.45, 2.75) is 32.9 Å². The molecule has 1 atom stereocenters. The zero-order valence-electron chi connectivity index (χ0n) is 23.1. The van der Waals surface area contributed by atoms with Gasteiger partial charge in [0.25, 0.3) is 11.7 Å². The first kappa shape index (κ1) is 27.6. The van der Waals surface area contributed by atoms with Gasteiger partial charge in [-0.2, -0.15) is 0 Å². The average Bonchev–Trinajstić information content (AvgIpc) is 3.22. The molecule has 7 nitrogen and oxygen atoms in total. The van der Waals surface area contributed by atoms with Crippen LogP contribution in [-0.4, -0.2) is 66.0 Å². The Bertz CT molecular complexity index is 1380. The molecule has 0 radical (unpaired) electrons. The molecule has 2 aliphatic rings. The van der Waals surface area contributed by atoms with Gasteiger partial charge in [-0.05, 0) is 55.2 Å². The lowest BCUT2D eigenvalue weighted by atomic mass is 9.93. The van der Waals surface area contributed by atoms with Crippen molar-refractivity contribution in [3.05, 3.63) is 106 Å². The van der Waals surface area contributed by atoms with Crippen LogP contribution in [0.15, 0.2) is 78.4 Å². The van der Waals surface area contributed by atoms with Gasteiger partial charge in [-0.25, -0.2) is 0 Å². The molecule has 0 spiro atoms. The highest BCUT2D eigenvalue weighted by Gasteiger charge is 2.46. The van der Waals surface area contributed by atoms with E-state index >= 15 is 0 Å². The second-order valence-electron chi connectivity index (χ2n) is 10.5. The minimum Gasteiger partial charge on any atom is -0.507 e. The molecule has 2 fully saturated rings. The molecule has 1 N–H and O–H groups in total. The Morgan fingerprint density at radius 2 is 1.68 bits per heavy atom. The number of hydrogen-bond donors (Lipinski definition) is 1. The molecule has 0 aliphatic carbocycles. The summed E-state index contributed by atoms with van der Waals surface area (Å²) in [4.78, 5) is 30.7. The number of aliphatic hydroxyl groups excluding tert-OH is 1. The van der Waals surface area contributed by atoms with E-state index < -0.39 is 17.7 Å². The van der Waals surface area contributed by atoms with Gasteiger partial charge >= 0.3 is 0 Å². The zero-order valence-corrected chi connectivity index (χ0v) is 23.1. The lowest BCUT2D eigenvalue weighted by Gasteiger charge is -2.29. The van der Waals surface area contributed by atoms with E-state index in [2.05, 4.69) is 4.90 Å². The number of carbonyl (C=O) groups is 2. The van der Waals surface area contributed by atoms with E-state index in [1.165, 1.54) is 0 Å². The maximum Gasteiger partial charge on any atom is 0.295 e. The summed E-state index contributed by atoms with van der Waals surface area (Å²) in [7, 11) is 0. The number of aryl methyl sites for hydroxylation is 2. The molecule has 0 aromatic heterocycles. The van der Waals surface area contributed by atoms with Crippen LogP contribution in [0.3, 0.4) is 0 Å². The fraction of sp³-hybridized carbons (Fsp3) is 0.333. The number of aliphatic hydroxyl groups is 1. The van der Waals surface area contributed by atoms with Crippen LogP contribution in [0.1, 0.15) is 40.3 Å². The highest BCUT2D eigenvalue weighted by Crippen LogP contribution is 2.40. The maximum atomic E-state index is 13.4. The highest BCUT2D eigenvalue weighted by molar-refractivity contribution is 6.46. The minimum atomic E-state index is -0.654. The summed E-state index contributed by atoms with van der Waals surface area (Å²) in [5.41, 5.74) is 4.33. The predicted octanol–water partition coefficient (Wildman–Crippen LogP) is 5.03. The van der Waals surface area contributed by atoms with E-state index in [4.69, 9.17) is 9.47 Å². The minimum absolute atomic E-state index is 0.126. The molecule has 0 unspecified atom stereocenters. The van der Waals surface area contributed by atoms with Gasteiger partial charge in [0.15, 0.2) is 0 Å². The third-order valence-electron chi connectivity index (χ3n) is 7.61. The number of Topliss-reactive ketones (excluding diaryl/α,β-unsaturated/α-hetero) is 1. The van der Waals surface area contributed by atoms with Gasteiger partial charge in [0.2, 0.25) is 0 Å². The summed E-state index contributed by atoms with van der Waals surface area (Å²) in [5, 5.41) is 11.5. The summed E-state index contributed by atoms with van der Waals surface area (Å²) in [5.74, 6) is -0.726. The van der Waals surface area contributed by atoms with Crippen molar-refractivity contribution in [3.63, 3.8) is 0 Å². The molecular weight excluding hydrogens is 504 g/mol. The third kappa shape index (κ3) is 6.11. The zero-order chi connectivity index (χ0) is 28.1. The summed E-state index contributed by atoms with van der Waals surface area (Å²) < 4.78 is 11.4. The average molecular weight is 541 g/mol. The number of hydrogen-bond acceptors (Lipinski definition) is 6. The van der Waals surface area contributed by atoms with Gasteiger partial charge in [-0.3, -0.25) is 14.5 Å². The standard InChI is InChI=1S/C33H36N2O5/c1-23-9-11-26(12-10-23)30-29(32(37)33(38)35(30)16-6-15-34-17-19-39-20-18-34)31(36)28-14-13-27(21-24(28)2)40-22-25-7-4-3-5-8-25/h3-5,7-14,21,30,36H,6,15-20,22H2,1-2H3/t30-/m1/s1. The maximum absolute atomic E-state index is 13.4. The van der Waals surface area contributed by atoms with Crippen molar-refractivity contribution in [3.8, 4) is 5.75 Å². The van der Waals surface area contributed by atoms with Crippen LogP contribution in [0.25, 0.3) is 5.76 Å². The number of morpholine rings is 1. The SMILES string of the molecule is Cc1ccc([C@@H]2C(=C(O)c3ccc(OCc4ccccc4)cc3C)C(=O)C(=O)N2CCCN2CCOCC2)cc1. The van der Waals surface area contributed by atoms with E-state index in [1.807, 2.05) is 74.5 Å². The fourth-order valence-corrected chi connectivity index (χ4v) is 5.37. The summed E-state index contributed by atoms with van der Waals surface area (Å²) in [6.45, 7) is 8.67. The molecule has 5 rings (SSSR count). The van der Waals surface area contributed by atoms with Crippen LogP contribution in [0.2, 0.25) is 0 Å². The second-order valence-corrected chi connectivity index (χ2v) is 10.5. The Morgan fingerprint density at radius 1 is 0.950 bits per heavy atom. The first-order valence-electron chi connectivity index (χ1n) is 13.8. The van der Waals surface area contributed by atoms with Gasteiger partial charge < -0.3 is 19.5 Å². The molecule has 1 amide bonds. The summed E-state index contributed by atoms with van der Waals surface area (Å²) in [6.07, 6.45) is 0.724. The van der Waals surface area contributed by atoms with E-state index in [-0.39, 0.29) is 11.3 Å². The Labute approximate surface area is 235 Å². The van der Waals surface area contributed by atoms with Crippen LogP contribution in [0.5, 0.6) is 5.75 Å². The van der Waals surface area contributed by atoms with Crippen molar-refractivity contribution in [1.29, 1.82) is 0 Å². The smallest absolute Gasteiger partial charge is 0.295 e. The first-order valence-corrected chi connectivity index (χ1v) is 13.8. The molecule has 7 heteroatoms. The fourth-order valence-electron chi connectivity index (χ4n) is 5.37. The Hall–Kier alpha value is -3.94. The van der Waals surface area contributed by atoms with Gasteiger partial charge in [0, 0.05) is 31.7 Å². The predicted molar refractivity (Wildman–Crippen MR) is 154 cm³/mol. The number of amides is 1. The lowest BCUT2D eigenvalue weighted by molar-refractivity contribution is -0.140. The van der Waals surface area contributed by atoms with E-state index in [1.54, 1.807) is 17.0 Å². The normalized spacial score (nSPS) is 19.2. The molecule has 0 saturated carbocycles. The van der Waals surface area contributed by atoms with Gasteiger partial charge in [0.05, 0.1) is 24.8 Å². The van der Waals surface area contributed by atoms with Crippen molar-refractivity contribution >= 4 is 17.4 Å². The van der Waals surface area contributed by atoms with Crippen molar-refractivity contribution < 1.29 is 24.2 Å². The molecule has 3 aromatic carbocycles. The number of ketones is 1. The van der Waals surface area contributed by atoms with Gasteiger partial charge in [0.1, 0.15) is 18.1 Å². The van der Waals surface area contributed by atoms with Gasteiger partial charge in [-0.15, -0.1) is 0 Å². The molecule has 208 valence electrons. The van der Waals surface area contributed by atoms with Crippen LogP contribution in [-0.2, 0) is 20.9 Å². The molecular formula is C33H36N2O5. The number of likely N-dealkylation sites (tertiary alicyclic amines) is 1. The molecule has 0 bridgehead atoms. The Balaban J connectivity index is 1.42. The quantitative estimate of drug-likeness (QED) is 0.233. The van der Waals surface area contributed by atoms with E-state index in [9.17, 15) is 14.7 Å².